The molecule has 0 aromatic heterocycles. The molecule has 0 aromatic carbocycles. The first kappa shape index (κ1) is 19.7. The molecule has 0 radical (unpaired) electrons. The molecule has 4 nitrogen and oxygen atoms in total. The van der Waals surface area contributed by atoms with Gasteiger partial charge < -0.3 is 20.0 Å². The number of ether oxygens (including phenoxy) is 1. The summed E-state index contributed by atoms with van der Waals surface area (Å²) in [6.07, 6.45) is 8.65. The third-order valence-electron chi connectivity index (χ3n) is 6.22. The van der Waals surface area contributed by atoms with Gasteiger partial charge in [-0.1, -0.05) is 13.8 Å². The van der Waals surface area contributed by atoms with Crippen LogP contribution < -0.4 is 40.0 Å². The minimum Gasteiger partial charge on any atom is -0.550 e. The minimum atomic E-state index is -0.908. The Balaban J connectivity index is 0.00000192. The predicted molar refractivity (Wildman–Crippen MR) is 83.2 cm³/mol. The van der Waals surface area contributed by atoms with Crippen LogP contribution in [-0.4, -0.2) is 30.8 Å². The molecule has 3 fully saturated rings. The quantitative estimate of drug-likeness (QED) is 0.663. The first-order valence-corrected chi connectivity index (χ1v) is 8.96. The van der Waals surface area contributed by atoms with Crippen molar-refractivity contribution >= 4 is 5.97 Å². The maximum Gasteiger partial charge on any atom is 1.00 e. The van der Waals surface area contributed by atoms with Gasteiger partial charge in [-0.2, -0.15) is 0 Å². The summed E-state index contributed by atoms with van der Waals surface area (Å²) < 4.78 is 5.90. The Kier molecular flexibility index (Phi) is 6.63. The largest absolute Gasteiger partial charge is 1.00 e. The molecule has 1 atom stereocenters. The van der Waals surface area contributed by atoms with Crippen LogP contribution in [0.25, 0.3) is 0 Å². The van der Waals surface area contributed by atoms with Crippen molar-refractivity contribution in [2.75, 3.05) is 13.2 Å². The zero-order chi connectivity index (χ0) is 15.8. The van der Waals surface area contributed by atoms with Gasteiger partial charge in [-0.05, 0) is 69.2 Å². The van der Waals surface area contributed by atoms with Gasteiger partial charge in [-0.15, -0.1) is 0 Å². The molecule has 0 aromatic rings. The second-order valence-electron chi connectivity index (χ2n) is 8.66. The fourth-order valence-electron chi connectivity index (χ4n) is 4.49. The van der Waals surface area contributed by atoms with Crippen LogP contribution >= 0.6 is 0 Å². The molecule has 5 heteroatoms. The molecule has 1 spiro atoms. The van der Waals surface area contributed by atoms with Gasteiger partial charge in [0, 0.05) is 24.5 Å². The van der Waals surface area contributed by atoms with Gasteiger partial charge in [0.1, 0.15) is 0 Å². The van der Waals surface area contributed by atoms with E-state index in [-0.39, 0.29) is 41.1 Å². The molecule has 0 bridgehead atoms. The molecule has 3 rings (SSSR count). The van der Waals surface area contributed by atoms with Gasteiger partial charge in [-0.3, -0.25) is 0 Å². The van der Waals surface area contributed by atoms with Gasteiger partial charge in [0.05, 0.1) is 5.60 Å². The zero-order valence-corrected chi connectivity index (χ0v) is 17.0. The van der Waals surface area contributed by atoms with Crippen LogP contribution in [-0.2, 0) is 9.53 Å². The summed E-state index contributed by atoms with van der Waals surface area (Å²) in [6.45, 7) is 6.63. The number of aliphatic carboxylic acids is 1. The number of carbonyl (C=O) groups excluding carboxylic acids is 1. The van der Waals surface area contributed by atoms with Crippen LogP contribution in [0.4, 0.5) is 0 Å². The summed E-state index contributed by atoms with van der Waals surface area (Å²) >= 11 is 0. The van der Waals surface area contributed by atoms with Crippen molar-refractivity contribution in [3.63, 3.8) is 0 Å². The maximum atomic E-state index is 10.9. The van der Waals surface area contributed by atoms with Crippen LogP contribution in [0.2, 0.25) is 0 Å². The van der Waals surface area contributed by atoms with E-state index in [9.17, 15) is 9.90 Å². The van der Waals surface area contributed by atoms with E-state index in [2.05, 4.69) is 19.2 Å². The molecule has 2 saturated carbocycles. The van der Waals surface area contributed by atoms with Crippen LogP contribution in [0.5, 0.6) is 0 Å². The van der Waals surface area contributed by atoms with E-state index < -0.39 is 5.97 Å². The number of hydrogen-bond acceptors (Lipinski definition) is 4. The van der Waals surface area contributed by atoms with E-state index in [1.54, 1.807) is 0 Å². The second-order valence-corrected chi connectivity index (χ2v) is 8.66. The standard InChI is InChI=1S/C18H31NO3.Na/c1-17(2)6-3-13(4-7-17)12-19-15-5-8-22-18(11-15)9-14(10-18)16(20)21;/h13-15,19H,3-12H2,1-2H3,(H,20,21);/q;+1/p-1. The van der Waals surface area contributed by atoms with Crippen molar-refractivity contribution in [2.45, 2.75) is 76.9 Å². The van der Waals surface area contributed by atoms with Gasteiger partial charge in [0.25, 0.3) is 0 Å². The van der Waals surface area contributed by atoms with Crippen LogP contribution in [0.3, 0.4) is 0 Å². The Hall–Kier alpha value is 0.390. The van der Waals surface area contributed by atoms with Crippen LogP contribution in [0, 0.1) is 17.3 Å². The van der Waals surface area contributed by atoms with Gasteiger partial charge in [0.15, 0.2) is 0 Å². The third-order valence-corrected chi connectivity index (χ3v) is 6.22. The molecule has 3 aliphatic rings. The summed E-state index contributed by atoms with van der Waals surface area (Å²) in [4.78, 5) is 10.9. The van der Waals surface area contributed by atoms with Gasteiger partial charge >= 0.3 is 29.6 Å². The number of hydrogen-bond donors (Lipinski definition) is 1. The Morgan fingerprint density at radius 1 is 1.17 bits per heavy atom. The molecule has 126 valence electrons. The van der Waals surface area contributed by atoms with Crippen LogP contribution in [0.1, 0.15) is 65.2 Å². The third kappa shape index (κ3) is 4.94. The number of nitrogens with one attached hydrogen (secondary N) is 1. The van der Waals surface area contributed by atoms with Crippen molar-refractivity contribution in [3.8, 4) is 0 Å². The van der Waals surface area contributed by atoms with Crippen LogP contribution in [0.15, 0.2) is 0 Å². The number of rotatable bonds is 4. The maximum absolute atomic E-state index is 10.9. The topological polar surface area (TPSA) is 61.4 Å². The first-order chi connectivity index (χ1) is 10.4. The summed E-state index contributed by atoms with van der Waals surface area (Å²) in [5.74, 6) is -0.391. The summed E-state index contributed by atoms with van der Waals surface area (Å²) in [7, 11) is 0. The number of carbonyl (C=O) groups is 1. The van der Waals surface area contributed by atoms with E-state index in [1.807, 2.05) is 0 Å². The van der Waals surface area contributed by atoms with Gasteiger partial charge in [-0.25, -0.2) is 0 Å². The molecular formula is C18H30NNaO3. The minimum absolute atomic E-state index is 0. The Bertz CT molecular complexity index is 410. The van der Waals surface area contributed by atoms with E-state index >= 15 is 0 Å². The molecule has 2 aliphatic carbocycles. The molecular weight excluding hydrogens is 301 g/mol. The fourth-order valence-corrected chi connectivity index (χ4v) is 4.49. The van der Waals surface area contributed by atoms with Crippen molar-refractivity contribution in [3.05, 3.63) is 0 Å². The molecule has 23 heavy (non-hydrogen) atoms. The SMILES string of the molecule is CC1(C)CCC(CNC2CCOC3(C2)CC(C(=O)[O-])C3)CC1.[Na+]. The monoisotopic (exact) mass is 331 g/mol. The second kappa shape index (κ2) is 7.74. The number of carboxylic acids is 1. The Morgan fingerprint density at radius 3 is 2.43 bits per heavy atom. The number of carboxylic acid groups (broad SMARTS) is 1. The molecule has 0 amide bonds. The van der Waals surface area contributed by atoms with Crippen molar-refractivity contribution < 1.29 is 44.2 Å². The van der Waals surface area contributed by atoms with Crippen molar-refractivity contribution in [1.82, 2.24) is 5.32 Å². The normalized spacial score (nSPS) is 30.4. The molecule has 1 saturated heterocycles. The molecule has 1 aliphatic heterocycles. The fraction of sp³-hybridized carbons (Fsp3) is 0.944. The molecule has 1 unspecified atom stereocenters. The predicted octanol–water partition coefficient (Wildman–Crippen LogP) is -1.13. The van der Waals surface area contributed by atoms with Crippen molar-refractivity contribution in [2.24, 2.45) is 17.3 Å². The smallest absolute Gasteiger partial charge is 0.550 e. The van der Waals surface area contributed by atoms with E-state index in [0.29, 0.717) is 24.3 Å². The average molecular weight is 331 g/mol. The summed E-state index contributed by atoms with van der Waals surface area (Å²) in [5, 5.41) is 14.6. The summed E-state index contributed by atoms with van der Waals surface area (Å²) in [6, 6.07) is 0.492. The van der Waals surface area contributed by atoms with Crippen molar-refractivity contribution in [1.29, 1.82) is 0 Å². The Labute approximate surface area is 162 Å². The van der Waals surface area contributed by atoms with E-state index in [0.717, 1.165) is 31.9 Å². The Morgan fingerprint density at radius 2 is 1.83 bits per heavy atom. The van der Waals surface area contributed by atoms with E-state index in [1.165, 1.54) is 25.7 Å². The zero-order valence-electron chi connectivity index (χ0n) is 15.0. The average Bonchev–Trinajstić information content (AvgIpc) is 2.43. The molecule has 1 heterocycles. The summed E-state index contributed by atoms with van der Waals surface area (Å²) in [5.41, 5.74) is 0.361. The van der Waals surface area contributed by atoms with E-state index in [4.69, 9.17) is 4.74 Å². The molecule has 1 N–H and O–H groups in total. The first-order valence-electron chi connectivity index (χ1n) is 8.96. The van der Waals surface area contributed by atoms with Gasteiger partial charge in [0.2, 0.25) is 0 Å².